The van der Waals surface area contributed by atoms with Gasteiger partial charge in [-0.05, 0) is 56.2 Å². The van der Waals surface area contributed by atoms with Gasteiger partial charge < -0.3 is 29.4 Å². The van der Waals surface area contributed by atoms with Crippen molar-refractivity contribution in [1.29, 1.82) is 0 Å². The average molecular weight is 523 g/mol. The van der Waals surface area contributed by atoms with Crippen molar-refractivity contribution in [3.8, 4) is 11.5 Å². The zero-order chi connectivity index (χ0) is 25.6. The zero-order valence-electron chi connectivity index (χ0n) is 21.3. The van der Waals surface area contributed by atoms with Gasteiger partial charge in [0.15, 0.2) is 16.6 Å². The Kier molecular flexibility index (Phi) is 8.23. The number of benzene rings is 2. The number of aromatic amines is 1. The second kappa shape index (κ2) is 11.9. The Labute approximate surface area is 222 Å². The topological polar surface area (TPSA) is 79.1 Å². The molecule has 9 heteroatoms. The van der Waals surface area contributed by atoms with E-state index in [1.165, 1.54) is 11.1 Å². The fourth-order valence-electron chi connectivity index (χ4n) is 4.78. The zero-order valence-corrected chi connectivity index (χ0v) is 22.1. The molecule has 2 aliphatic heterocycles. The Morgan fingerprint density at radius 3 is 2.76 bits per heavy atom. The van der Waals surface area contributed by atoms with E-state index in [9.17, 15) is 4.79 Å². The van der Waals surface area contributed by atoms with Crippen molar-refractivity contribution in [3.05, 3.63) is 69.5 Å². The van der Waals surface area contributed by atoms with Gasteiger partial charge in [0.05, 0.1) is 25.3 Å². The van der Waals surface area contributed by atoms with Crippen LogP contribution in [-0.2, 0) is 17.7 Å². The van der Waals surface area contributed by atoms with Crippen LogP contribution in [0.15, 0.2) is 47.3 Å². The number of morpholine rings is 1. The summed E-state index contributed by atoms with van der Waals surface area (Å²) >= 11 is 5.82. The Morgan fingerprint density at radius 2 is 1.95 bits per heavy atom. The largest absolute Gasteiger partial charge is 0.454 e. The number of nitrogens with one attached hydrogen (secondary N) is 2. The highest BCUT2D eigenvalue weighted by Gasteiger charge is 2.18. The maximum atomic E-state index is 13.0. The molecule has 2 aromatic carbocycles. The monoisotopic (exact) mass is 522 g/mol. The van der Waals surface area contributed by atoms with E-state index < -0.39 is 0 Å². The third-order valence-corrected chi connectivity index (χ3v) is 7.25. The van der Waals surface area contributed by atoms with Crippen molar-refractivity contribution < 1.29 is 14.2 Å². The molecular weight excluding hydrogens is 488 g/mol. The highest BCUT2D eigenvalue weighted by molar-refractivity contribution is 7.80. The predicted molar refractivity (Wildman–Crippen MR) is 148 cm³/mol. The summed E-state index contributed by atoms with van der Waals surface area (Å²) in [6.07, 6.45) is 1.83. The molecule has 0 amide bonds. The van der Waals surface area contributed by atoms with Crippen LogP contribution in [0.4, 0.5) is 0 Å². The molecule has 0 bridgehead atoms. The summed E-state index contributed by atoms with van der Waals surface area (Å²) in [5, 5.41) is 5.00. The molecule has 0 spiro atoms. The van der Waals surface area contributed by atoms with Crippen molar-refractivity contribution in [2.75, 3.05) is 52.7 Å². The second-order valence-corrected chi connectivity index (χ2v) is 10.0. The van der Waals surface area contributed by atoms with E-state index >= 15 is 0 Å². The highest BCUT2D eigenvalue weighted by Crippen LogP contribution is 2.35. The molecule has 0 aliphatic carbocycles. The lowest BCUT2D eigenvalue weighted by molar-refractivity contribution is 0.0376. The first-order valence-electron chi connectivity index (χ1n) is 12.9. The fourth-order valence-corrected chi connectivity index (χ4v) is 5.04. The summed E-state index contributed by atoms with van der Waals surface area (Å²) < 4.78 is 16.4. The van der Waals surface area contributed by atoms with Crippen LogP contribution >= 0.6 is 12.2 Å². The van der Waals surface area contributed by atoms with Gasteiger partial charge in [0, 0.05) is 43.2 Å². The molecule has 2 aliphatic rings. The van der Waals surface area contributed by atoms with E-state index in [4.69, 9.17) is 26.4 Å². The lowest BCUT2D eigenvalue weighted by Crippen LogP contribution is -2.43. The van der Waals surface area contributed by atoms with Gasteiger partial charge in [-0.15, -0.1) is 0 Å². The summed E-state index contributed by atoms with van der Waals surface area (Å²) in [6.45, 7) is 8.80. The maximum Gasteiger partial charge on any atom is 0.253 e. The van der Waals surface area contributed by atoms with E-state index in [0.29, 0.717) is 35.3 Å². The Balaban J connectivity index is 1.28. The molecule has 0 unspecified atom stereocenters. The van der Waals surface area contributed by atoms with E-state index in [0.717, 1.165) is 63.1 Å². The predicted octanol–water partition coefficient (Wildman–Crippen LogP) is 3.21. The van der Waals surface area contributed by atoms with Gasteiger partial charge in [0.25, 0.3) is 5.56 Å². The second-order valence-electron chi connectivity index (χ2n) is 9.62. The molecule has 0 atom stereocenters. The number of hydrogen-bond donors (Lipinski definition) is 2. The fraction of sp³-hybridized carbons (Fsp3) is 0.429. The summed E-state index contributed by atoms with van der Waals surface area (Å²) in [5.41, 5.74) is 3.75. The number of aryl methyl sites for hydroxylation is 1. The first-order chi connectivity index (χ1) is 18.0. The SMILES string of the molecule is Cc1cccc(CCN(Cc2cc3cc4c(cc3[nH]c2=O)OCO4)C(=S)NCCCN2CCOCC2)c1. The average Bonchev–Trinajstić information content (AvgIpc) is 3.36. The third-order valence-electron chi connectivity index (χ3n) is 6.85. The number of pyridine rings is 1. The number of hydrogen-bond acceptors (Lipinski definition) is 6. The van der Waals surface area contributed by atoms with Gasteiger partial charge >= 0.3 is 0 Å². The molecule has 1 saturated heterocycles. The molecule has 3 aromatic rings. The summed E-state index contributed by atoms with van der Waals surface area (Å²) in [6, 6.07) is 14.2. The highest BCUT2D eigenvalue weighted by atomic mass is 32.1. The number of thiocarbonyl (C=S) groups is 1. The molecule has 0 saturated carbocycles. The molecule has 8 nitrogen and oxygen atoms in total. The van der Waals surface area contributed by atoms with Crippen LogP contribution in [0.5, 0.6) is 11.5 Å². The molecule has 0 radical (unpaired) electrons. The summed E-state index contributed by atoms with van der Waals surface area (Å²) in [5.74, 6) is 1.34. The van der Waals surface area contributed by atoms with Crippen LogP contribution in [0.25, 0.3) is 10.9 Å². The van der Waals surface area contributed by atoms with Gasteiger partial charge in [-0.2, -0.15) is 0 Å². The number of ether oxygens (including phenoxy) is 3. The van der Waals surface area contributed by atoms with Crippen LogP contribution in [0.1, 0.15) is 23.1 Å². The van der Waals surface area contributed by atoms with Gasteiger partial charge in [0.1, 0.15) is 0 Å². The molecule has 1 aromatic heterocycles. The molecule has 2 N–H and O–H groups in total. The van der Waals surface area contributed by atoms with Crippen molar-refractivity contribution in [2.45, 2.75) is 26.3 Å². The van der Waals surface area contributed by atoms with Crippen LogP contribution < -0.4 is 20.3 Å². The molecule has 1 fully saturated rings. The normalized spacial score (nSPS) is 15.2. The van der Waals surface area contributed by atoms with Crippen LogP contribution in [0.2, 0.25) is 0 Å². The van der Waals surface area contributed by atoms with Crippen molar-refractivity contribution in [1.82, 2.24) is 20.1 Å². The Morgan fingerprint density at radius 1 is 1.14 bits per heavy atom. The Hall–Kier alpha value is -3.14. The lowest BCUT2D eigenvalue weighted by Gasteiger charge is -2.28. The first-order valence-corrected chi connectivity index (χ1v) is 13.3. The third kappa shape index (κ3) is 6.60. The van der Waals surface area contributed by atoms with Crippen molar-refractivity contribution >= 4 is 28.2 Å². The number of aromatic nitrogens is 1. The van der Waals surface area contributed by atoms with E-state index in [-0.39, 0.29) is 12.4 Å². The summed E-state index contributed by atoms with van der Waals surface area (Å²) in [4.78, 5) is 20.5. The van der Waals surface area contributed by atoms with E-state index in [1.807, 2.05) is 18.2 Å². The van der Waals surface area contributed by atoms with Crippen LogP contribution in [0, 0.1) is 6.92 Å². The lowest BCUT2D eigenvalue weighted by atomic mass is 10.1. The van der Waals surface area contributed by atoms with E-state index in [1.54, 1.807) is 0 Å². The molecule has 196 valence electrons. The van der Waals surface area contributed by atoms with Gasteiger partial charge in [-0.1, -0.05) is 29.8 Å². The molecule has 3 heterocycles. The van der Waals surface area contributed by atoms with Gasteiger partial charge in [0.2, 0.25) is 6.79 Å². The van der Waals surface area contributed by atoms with Gasteiger partial charge in [-0.25, -0.2) is 0 Å². The van der Waals surface area contributed by atoms with Crippen molar-refractivity contribution in [3.63, 3.8) is 0 Å². The smallest absolute Gasteiger partial charge is 0.253 e. The molecule has 5 rings (SSSR count). The minimum absolute atomic E-state index is 0.123. The van der Waals surface area contributed by atoms with Gasteiger partial charge in [-0.3, -0.25) is 9.69 Å². The molecular formula is C28H34N4O4S. The number of H-pyrrole nitrogens is 1. The molecule has 37 heavy (non-hydrogen) atoms. The first kappa shape index (κ1) is 25.5. The number of fused-ring (bicyclic) bond motifs is 2. The minimum Gasteiger partial charge on any atom is -0.454 e. The van der Waals surface area contributed by atoms with Crippen LogP contribution in [0.3, 0.4) is 0 Å². The number of rotatable bonds is 9. The number of nitrogens with zero attached hydrogens (tertiary/aromatic N) is 2. The quantitative estimate of drug-likeness (QED) is 0.328. The van der Waals surface area contributed by atoms with Crippen molar-refractivity contribution in [2.24, 2.45) is 0 Å². The Bertz CT molecular complexity index is 1310. The summed E-state index contributed by atoms with van der Waals surface area (Å²) in [7, 11) is 0. The van der Waals surface area contributed by atoms with E-state index in [2.05, 4.69) is 51.3 Å². The standard InChI is InChI=1S/C28H34N4O4S/c1-20-4-2-5-21(14-20)6-9-32(28(37)29-7-3-8-31-10-12-34-13-11-31)18-23-15-22-16-25-26(36-19-35-25)17-24(22)30-27(23)33/h2,4-5,14-17H,3,6-13,18-19H2,1H3,(H,29,37)(H,30,33). The maximum absolute atomic E-state index is 13.0. The van der Waals surface area contributed by atoms with Crippen LogP contribution in [-0.4, -0.2) is 72.6 Å². The minimum atomic E-state index is -0.123.